The summed E-state index contributed by atoms with van der Waals surface area (Å²) in [4.78, 5) is 33.0. The highest BCUT2D eigenvalue weighted by Crippen LogP contribution is 2.28. The molecule has 2 aromatic rings. The van der Waals surface area contributed by atoms with Gasteiger partial charge in [0.1, 0.15) is 11.5 Å². The highest BCUT2D eigenvalue weighted by atomic mass is 16.3. The number of hydrogen-bond donors (Lipinski definition) is 1. The van der Waals surface area contributed by atoms with Gasteiger partial charge in [-0.3, -0.25) is 9.59 Å². The summed E-state index contributed by atoms with van der Waals surface area (Å²) in [5, 5.41) is 7.24. The summed E-state index contributed by atoms with van der Waals surface area (Å²) in [7, 11) is 0. The second-order valence-electron chi connectivity index (χ2n) is 6.36. The van der Waals surface area contributed by atoms with Crippen molar-refractivity contribution in [2.75, 3.05) is 5.32 Å². The summed E-state index contributed by atoms with van der Waals surface area (Å²) >= 11 is 0. The molecule has 3 heterocycles. The molecule has 2 aliphatic rings. The quantitative estimate of drug-likeness (QED) is 0.916. The molecule has 26 heavy (non-hydrogen) atoms. The molecule has 0 bridgehead atoms. The van der Waals surface area contributed by atoms with Crippen molar-refractivity contribution < 1.29 is 14.0 Å². The first-order valence-corrected chi connectivity index (χ1v) is 8.80. The van der Waals surface area contributed by atoms with Gasteiger partial charge in [0.2, 0.25) is 5.91 Å². The van der Waals surface area contributed by atoms with E-state index >= 15 is 0 Å². The van der Waals surface area contributed by atoms with E-state index in [1.54, 1.807) is 31.4 Å². The Labute approximate surface area is 150 Å². The smallest absolute Gasteiger partial charge is 0.257 e. The van der Waals surface area contributed by atoms with Crippen LogP contribution < -0.4 is 5.32 Å². The second kappa shape index (κ2) is 6.70. The number of carbonyl (C=O) groups is 2. The van der Waals surface area contributed by atoms with Crippen LogP contribution in [0.3, 0.4) is 0 Å². The Hall–Kier alpha value is -3.03. The van der Waals surface area contributed by atoms with Crippen molar-refractivity contribution in [3.8, 4) is 11.5 Å². The second-order valence-corrected chi connectivity index (χ2v) is 6.36. The molecular weight excluding hydrogens is 334 g/mol. The number of amides is 2. The summed E-state index contributed by atoms with van der Waals surface area (Å²) in [5.74, 6) is 0.597. The Kier molecular flexibility index (Phi) is 4.24. The molecular formula is C18H19N5O3. The lowest BCUT2D eigenvalue weighted by molar-refractivity contribution is -0.120. The van der Waals surface area contributed by atoms with Crippen LogP contribution in [0.1, 0.15) is 39.0 Å². The number of furan rings is 1. The average Bonchev–Trinajstić information content (AvgIpc) is 3.31. The predicted octanol–water partition coefficient (Wildman–Crippen LogP) is 2.87. The lowest BCUT2D eigenvalue weighted by atomic mass is 9.86. The van der Waals surface area contributed by atoms with E-state index in [4.69, 9.17) is 4.42 Å². The molecule has 0 aromatic carbocycles. The van der Waals surface area contributed by atoms with E-state index in [9.17, 15) is 9.59 Å². The molecule has 1 atom stereocenters. The van der Waals surface area contributed by atoms with Gasteiger partial charge < -0.3 is 9.73 Å². The van der Waals surface area contributed by atoms with E-state index in [0.29, 0.717) is 23.7 Å². The van der Waals surface area contributed by atoms with Crippen LogP contribution in [0.5, 0.6) is 0 Å². The first-order valence-electron chi connectivity index (χ1n) is 8.80. The highest BCUT2D eigenvalue weighted by Gasteiger charge is 2.32. The van der Waals surface area contributed by atoms with Gasteiger partial charge in [0, 0.05) is 18.2 Å². The number of aliphatic imine (C=N–C) groups is 2. The lowest BCUT2D eigenvalue weighted by Crippen LogP contribution is -2.33. The summed E-state index contributed by atoms with van der Waals surface area (Å²) in [6.07, 6.45) is 5.49. The van der Waals surface area contributed by atoms with Gasteiger partial charge in [0.05, 0.1) is 12.2 Å². The fourth-order valence-electron chi connectivity index (χ4n) is 3.22. The van der Waals surface area contributed by atoms with Gasteiger partial charge in [-0.2, -0.15) is 14.8 Å². The fourth-order valence-corrected chi connectivity index (χ4v) is 3.22. The molecule has 1 aliphatic carbocycles. The number of carbonyl (C=O) groups excluding carboxylic acids is 2. The number of rotatable bonds is 3. The molecule has 1 aliphatic heterocycles. The molecule has 2 amide bonds. The first kappa shape index (κ1) is 16.4. The number of nitrogens with one attached hydrogen (secondary N) is 1. The molecule has 1 saturated carbocycles. The summed E-state index contributed by atoms with van der Waals surface area (Å²) in [5.41, 5.74) is 1.39. The van der Waals surface area contributed by atoms with Gasteiger partial charge in [0.25, 0.3) is 11.9 Å². The van der Waals surface area contributed by atoms with Crippen LogP contribution in [0.2, 0.25) is 0 Å². The topological polar surface area (TPSA) is 102 Å². The first-order chi connectivity index (χ1) is 12.7. The van der Waals surface area contributed by atoms with E-state index in [1.807, 2.05) is 0 Å². The Bertz CT molecular complexity index is 907. The molecule has 0 spiro atoms. The zero-order chi connectivity index (χ0) is 18.1. The molecule has 1 N–H and O–H groups in total. The van der Waals surface area contributed by atoms with Crippen LogP contribution in [0, 0.1) is 5.92 Å². The van der Waals surface area contributed by atoms with Crippen molar-refractivity contribution in [1.82, 2.24) is 9.78 Å². The summed E-state index contributed by atoms with van der Waals surface area (Å²) in [6, 6.07) is 5.22. The fraction of sp³-hybridized carbons (Fsp3) is 0.389. The van der Waals surface area contributed by atoms with E-state index in [2.05, 4.69) is 20.4 Å². The number of fused-ring (bicyclic) bond motifs is 1. The van der Waals surface area contributed by atoms with Crippen molar-refractivity contribution in [2.45, 2.75) is 39.0 Å². The Morgan fingerprint density at radius 1 is 1.38 bits per heavy atom. The third-order valence-corrected chi connectivity index (χ3v) is 4.59. The van der Waals surface area contributed by atoms with Crippen LogP contribution in [0.25, 0.3) is 11.5 Å². The van der Waals surface area contributed by atoms with Crippen molar-refractivity contribution in [3.63, 3.8) is 0 Å². The summed E-state index contributed by atoms with van der Waals surface area (Å²) < 4.78 is 6.79. The standard InChI is InChI=1S/C18H19N5O3/c1-2-16(24)20-15-10-13(14-8-5-9-26-14)22-23(15)18-19-12-7-4-3-6-11(12)17(25)21-18/h5,8-11H,2-4,6-7H2,1H3,(H,20,24). The lowest BCUT2D eigenvalue weighted by Gasteiger charge is -2.24. The van der Waals surface area contributed by atoms with Gasteiger partial charge in [0.15, 0.2) is 5.76 Å². The maximum absolute atomic E-state index is 12.4. The largest absolute Gasteiger partial charge is 0.463 e. The zero-order valence-electron chi connectivity index (χ0n) is 14.4. The Balaban J connectivity index is 1.76. The Morgan fingerprint density at radius 3 is 3.04 bits per heavy atom. The van der Waals surface area contributed by atoms with E-state index in [0.717, 1.165) is 31.4 Å². The molecule has 134 valence electrons. The van der Waals surface area contributed by atoms with Crippen molar-refractivity contribution in [3.05, 3.63) is 24.5 Å². The van der Waals surface area contributed by atoms with Gasteiger partial charge >= 0.3 is 0 Å². The molecule has 0 radical (unpaired) electrons. The molecule has 8 heteroatoms. The minimum Gasteiger partial charge on any atom is -0.463 e. The Morgan fingerprint density at radius 2 is 2.27 bits per heavy atom. The van der Waals surface area contributed by atoms with Gasteiger partial charge in [-0.15, -0.1) is 0 Å². The third-order valence-electron chi connectivity index (χ3n) is 4.59. The monoisotopic (exact) mass is 353 g/mol. The highest BCUT2D eigenvalue weighted by molar-refractivity contribution is 6.16. The minimum atomic E-state index is -0.207. The maximum Gasteiger partial charge on any atom is 0.257 e. The van der Waals surface area contributed by atoms with Gasteiger partial charge in [-0.25, -0.2) is 4.99 Å². The predicted molar refractivity (Wildman–Crippen MR) is 96.1 cm³/mol. The SMILES string of the molecule is CCC(=O)Nc1cc(-c2ccco2)nn1C1=NC(=O)C2CCCCC2=N1. The third kappa shape index (κ3) is 2.98. The van der Waals surface area contributed by atoms with Gasteiger partial charge in [-0.05, 0) is 31.4 Å². The molecule has 1 fully saturated rings. The van der Waals surface area contributed by atoms with Crippen LogP contribution in [0.4, 0.5) is 5.82 Å². The van der Waals surface area contributed by atoms with Gasteiger partial charge in [-0.1, -0.05) is 13.3 Å². The molecule has 4 rings (SSSR count). The van der Waals surface area contributed by atoms with Crippen LogP contribution in [-0.2, 0) is 9.59 Å². The molecule has 0 saturated heterocycles. The van der Waals surface area contributed by atoms with E-state index in [1.165, 1.54) is 4.68 Å². The summed E-state index contributed by atoms with van der Waals surface area (Å²) in [6.45, 7) is 1.76. The number of hydrogen-bond acceptors (Lipinski definition) is 5. The van der Waals surface area contributed by atoms with Crippen molar-refractivity contribution in [1.29, 1.82) is 0 Å². The normalized spacial score (nSPS) is 19.6. The maximum atomic E-state index is 12.4. The zero-order valence-corrected chi connectivity index (χ0v) is 14.4. The van der Waals surface area contributed by atoms with E-state index < -0.39 is 0 Å². The van der Waals surface area contributed by atoms with Crippen LogP contribution in [0.15, 0.2) is 38.9 Å². The number of nitrogens with zero attached hydrogens (tertiary/aromatic N) is 4. The molecule has 1 unspecified atom stereocenters. The molecule has 2 aromatic heterocycles. The minimum absolute atomic E-state index is 0.164. The molecule has 8 nitrogen and oxygen atoms in total. The van der Waals surface area contributed by atoms with Crippen molar-refractivity contribution in [2.24, 2.45) is 15.9 Å². The van der Waals surface area contributed by atoms with E-state index in [-0.39, 0.29) is 23.7 Å². The number of anilines is 1. The average molecular weight is 353 g/mol. The van der Waals surface area contributed by atoms with Crippen molar-refractivity contribution >= 4 is 29.3 Å². The number of aromatic nitrogens is 2. The van der Waals surface area contributed by atoms with Crippen LogP contribution in [-0.4, -0.2) is 33.3 Å². The van der Waals surface area contributed by atoms with Crippen LogP contribution >= 0.6 is 0 Å².